The Hall–Kier alpha value is -6.90. The summed E-state index contributed by atoms with van der Waals surface area (Å²) in [7, 11) is 3.89. The summed E-state index contributed by atoms with van der Waals surface area (Å²) in [6, 6.07) is 13.7. The van der Waals surface area contributed by atoms with Gasteiger partial charge in [-0.05, 0) is 172 Å². The number of piperidine rings is 6. The van der Waals surface area contributed by atoms with Gasteiger partial charge in [-0.25, -0.2) is 24.9 Å². The van der Waals surface area contributed by atoms with Crippen molar-refractivity contribution in [1.29, 1.82) is 0 Å². The molecule has 6 aliphatic rings. The molecule has 0 spiro atoms. The summed E-state index contributed by atoms with van der Waals surface area (Å²) in [6.07, 6.45) is 25.9. The van der Waals surface area contributed by atoms with Crippen LogP contribution in [-0.2, 0) is 26.1 Å². The number of aromatic amines is 3. The predicted molar refractivity (Wildman–Crippen MR) is 333 cm³/mol. The van der Waals surface area contributed by atoms with Gasteiger partial charge in [0.05, 0.1) is 17.1 Å². The SMILES string of the molecule is CCc1ccc(CN2CCC(c3cc(=O)[nH]c(N4CCCCC4)n3)CC2)cn1.CN(C)c1ncc(CN2CCC(c3cc(=O)[nH]c(N4CCCCC4)n3)CC2)cn1.Cc1ccc(CN2CCC(c3cc(=O)[nH]c(N4CCCCC4)n3)CC2)cn1. The highest BCUT2D eigenvalue weighted by molar-refractivity contribution is 5.34. The molecule has 450 valence electrons. The lowest BCUT2D eigenvalue weighted by Crippen LogP contribution is -2.35. The molecule has 6 aliphatic heterocycles. The van der Waals surface area contributed by atoms with Gasteiger partial charge in [0.25, 0.3) is 16.7 Å². The van der Waals surface area contributed by atoms with Gasteiger partial charge in [-0.15, -0.1) is 0 Å². The van der Waals surface area contributed by atoms with Crippen LogP contribution in [0.25, 0.3) is 0 Å². The van der Waals surface area contributed by atoms with Gasteiger partial charge in [0, 0.05) is 151 Å². The van der Waals surface area contributed by atoms with Crippen molar-refractivity contribution in [3.8, 4) is 0 Å². The summed E-state index contributed by atoms with van der Waals surface area (Å²) in [5.74, 6) is 4.14. The highest BCUT2D eigenvalue weighted by Gasteiger charge is 2.27. The number of aryl methyl sites for hydroxylation is 2. The zero-order valence-electron chi connectivity index (χ0n) is 50.5. The zero-order valence-corrected chi connectivity index (χ0v) is 50.5. The normalized spacial score (nSPS) is 19.1. The molecule has 6 fully saturated rings. The third-order valence-corrected chi connectivity index (χ3v) is 17.8. The Labute approximate surface area is 496 Å². The van der Waals surface area contributed by atoms with E-state index < -0.39 is 0 Å². The second-order valence-electron chi connectivity index (χ2n) is 24.4. The summed E-state index contributed by atoms with van der Waals surface area (Å²) in [5.41, 5.74) is 8.70. The van der Waals surface area contributed by atoms with Crippen molar-refractivity contribution in [2.75, 3.05) is 112 Å². The largest absolute Gasteiger partial charge is 0.347 e. The number of anilines is 4. The molecule has 12 rings (SSSR count). The number of H-pyrrole nitrogens is 3. The van der Waals surface area contributed by atoms with Crippen LogP contribution in [0.3, 0.4) is 0 Å². The molecule has 0 radical (unpaired) electrons. The molecule has 6 aromatic rings. The summed E-state index contributed by atoms with van der Waals surface area (Å²) in [4.78, 5) is 93.7. The first kappa shape index (κ1) is 60.2. The lowest BCUT2D eigenvalue weighted by Gasteiger charge is -2.32. The van der Waals surface area contributed by atoms with E-state index in [1.807, 2.05) is 50.7 Å². The molecule has 20 nitrogen and oxygen atoms in total. The Morgan fingerprint density at radius 3 is 1.11 bits per heavy atom. The molecule has 6 aromatic heterocycles. The molecule has 0 saturated carbocycles. The van der Waals surface area contributed by atoms with Crippen LogP contribution in [0.5, 0.6) is 0 Å². The first-order valence-electron chi connectivity index (χ1n) is 31.6. The number of nitrogens with one attached hydrogen (secondary N) is 3. The predicted octanol–water partition coefficient (Wildman–Crippen LogP) is 7.94. The van der Waals surface area contributed by atoms with Crippen LogP contribution in [0.15, 0.2) is 81.6 Å². The van der Waals surface area contributed by atoms with E-state index in [2.05, 4.69) is 95.5 Å². The fraction of sp³-hybridized carbons (Fsp3) is 0.594. The minimum absolute atomic E-state index is 0.0184. The molecule has 20 heteroatoms. The molecule has 0 atom stereocenters. The summed E-state index contributed by atoms with van der Waals surface area (Å²) >= 11 is 0. The number of hydrogen-bond acceptors (Lipinski definition) is 17. The Balaban J connectivity index is 0.000000140. The number of aromatic nitrogens is 10. The average molecular weight is 1150 g/mol. The van der Waals surface area contributed by atoms with Crippen molar-refractivity contribution in [1.82, 2.24) is 64.5 Å². The van der Waals surface area contributed by atoms with Crippen molar-refractivity contribution in [2.45, 2.75) is 154 Å². The quantitative estimate of drug-likeness (QED) is 0.0945. The van der Waals surface area contributed by atoms with Gasteiger partial charge in [0.2, 0.25) is 23.8 Å². The molecule has 84 heavy (non-hydrogen) atoms. The topological polar surface area (TPSA) is 211 Å². The molecule has 0 bridgehead atoms. The summed E-state index contributed by atoms with van der Waals surface area (Å²) < 4.78 is 0. The fourth-order valence-corrected chi connectivity index (χ4v) is 12.7. The van der Waals surface area contributed by atoms with Gasteiger partial charge in [-0.2, -0.15) is 0 Å². The van der Waals surface area contributed by atoms with Crippen LogP contribution in [0, 0.1) is 6.92 Å². The van der Waals surface area contributed by atoms with Crippen LogP contribution in [0.1, 0.15) is 166 Å². The van der Waals surface area contributed by atoms with Crippen molar-refractivity contribution < 1.29 is 0 Å². The van der Waals surface area contributed by atoms with Crippen LogP contribution >= 0.6 is 0 Å². The molecule has 0 amide bonds. The maximum Gasteiger partial charge on any atom is 0.252 e. The van der Waals surface area contributed by atoms with Crippen LogP contribution in [-0.4, -0.2) is 157 Å². The number of likely N-dealkylation sites (tertiary alicyclic amines) is 3. The van der Waals surface area contributed by atoms with Crippen LogP contribution in [0.4, 0.5) is 23.8 Å². The highest BCUT2D eigenvalue weighted by atomic mass is 16.1. The molecule has 3 N–H and O–H groups in total. The second kappa shape index (κ2) is 29.8. The Kier molecular flexibility index (Phi) is 21.3. The van der Waals surface area contributed by atoms with Crippen molar-refractivity contribution in [3.05, 3.63) is 143 Å². The Morgan fingerprint density at radius 1 is 0.440 bits per heavy atom. The van der Waals surface area contributed by atoms with Gasteiger partial charge >= 0.3 is 0 Å². The lowest BCUT2D eigenvalue weighted by molar-refractivity contribution is 0.203. The van der Waals surface area contributed by atoms with Crippen LogP contribution in [0.2, 0.25) is 0 Å². The van der Waals surface area contributed by atoms with Gasteiger partial charge in [-0.3, -0.25) is 54.0 Å². The van der Waals surface area contributed by atoms with Gasteiger partial charge < -0.3 is 19.6 Å². The van der Waals surface area contributed by atoms with Gasteiger partial charge in [-0.1, -0.05) is 19.1 Å². The highest BCUT2D eigenvalue weighted by Crippen LogP contribution is 2.31. The zero-order chi connectivity index (χ0) is 58.2. The smallest absolute Gasteiger partial charge is 0.252 e. The Bertz CT molecular complexity index is 3140. The van der Waals surface area contributed by atoms with Crippen LogP contribution < -0.4 is 36.3 Å². The van der Waals surface area contributed by atoms with E-state index in [1.54, 1.807) is 18.2 Å². The maximum absolute atomic E-state index is 12.2. The lowest BCUT2D eigenvalue weighted by atomic mass is 9.93. The maximum atomic E-state index is 12.2. The third-order valence-electron chi connectivity index (χ3n) is 17.8. The van der Waals surface area contributed by atoms with E-state index >= 15 is 0 Å². The monoisotopic (exact) mass is 1150 g/mol. The first-order chi connectivity index (χ1) is 41.0. The fourth-order valence-electron chi connectivity index (χ4n) is 12.7. The van der Waals surface area contributed by atoms with E-state index in [0.29, 0.717) is 17.8 Å². The average Bonchev–Trinajstić information content (AvgIpc) is 3.53. The molecule has 0 aliphatic carbocycles. The number of hydrogen-bond donors (Lipinski definition) is 3. The van der Waals surface area contributed by atoms with E-state index in [1.165, 1.54) is 68.9 Å². The summed E-state index contributed by atoms with van der Waals surface area (Å²) in [6.45, 7) is 19.0. The Morgan fingerprint density at radius 2 is 0.786 bits per heavy atom. The summed E-state index contributed by atoms with van der Waals surface area (Å²) in [5, 5.41) is 0. The minimum atomic E-state index is -0.0314. The van der Waals surface area contributed by atoms with Crippen molar-refractivity contribution in [3.63, 3.8) is 0 Å². The number of nitrogens with zero attached hydrogens (tertiary/aromatic N) is 14. The third kappa shape index (κ3) is 17.1. The second-order valence-corrected chi connectivity index (χ2v) is 24.4. The molecular formula is C64H91N17O3. The van der Waals surface area contributed by atoms with E-state index in [9.17, 15) is 14.4 Å². The molecule has 0 aromatic carbocycles. The van der Waals surface area contributed by atoms with Gasteiger partial charge in [0.15, 0.2) is 0 Å². The van der Waals surface area contributed by atoms with E-state index in [0.717, 1.165) is 201 Å². The van der Waals surface area contributed by atoms with E-state index in [-0.39, 0.29) is 16.7 Å². The van der Waals surface area contributed by atoms with Crippen molar-refractivity contribution in [2.24, 2.45) is 0 Å². The van der Waals surface area contributed by atoms with E-state index in [4.69, 9.17) is 15.0 Å². The standard InChI is InChI=1S/C22H31N5O.C21H31N7O.C21H29N5O/c1-2-19-7-6-17(15-23-19)16-26-12-8-18(9-13-26)20-14-21(28)25-22(24-20)27-10-4-3-5-11-27;1-26(2)20-22-13-16(14-23-20)15-27-10-6-17(7-11-27)18-12-19(29)25-21(24-18)28-8-4-3-5-9-28;1-16-5-6-17(14-22-16)15-25-11-7-18(8-12-25)19-13-20(27)24-21(23-19)26-9-3-2-4-10-26/h6-7,14-15,18H,2-5,8-13,16H2,1H3,(H,24,25,28);12-14,17H,3-11,15H2,1-2H3,(H,24,25,29);5-6,13-14,18H,2-4,7-12,15H2,1H3,(H,23,24,27). The minimum Gasteiger partial charge on any atom is -0.347 e. The van der Waals surface area contributed by atoms with Gasteiger partial charge in [0.1, 0.15) is 0 Å². The molecule has 12 heterocycles. The first-order valence-corrected chi connectivity index (χ1v) is 31.6. The number of rotatable bonds is 14. The number of pyridine rings is 2. The molecular weight excluding hydrogens is 1050 g/mol. The van der Waals surface area contributed by atoms with Crippen molar-refractivity contribution >= 4 is 23.8 Å². The molecule has 0 unspecified atom stereocenters. The molecule has 6 saturated heterocycles.